The molecule has 6 heteroatoms. The van der Waals surface area contributed by atoms with Gasteiger partial charge in [0.1, 0.15) is 0 Å². The molecule has 0 aromatic carbocycles. The summed E-state index contributed by atoms with van der Waals surface area (Å²) in [5, 5.41) is 2.08. The molecule has 0 aliphatic carbocycles. The van der Waals surface area contributed by atoms with Gasteiger partial charge in [-0.15, -0.1) is 0 Å². The van der Waals surface area contributed by atoms with Crippen LogP contribution in [0, 0.1) is 4.91 Å². The first-order valence-corrected chi connectivity index (χ1v) is 3.61. The molecule has 1 N–H and O–H groups in total. The normalized spacial score (nSPS) is 16.6. The van der Waals surface area contributed by atoms with Crippen molar-refractivity contribution in [3.63, 3.8) is 0 Å². The van der Waals surface area contributed by atoms with Crippen LogP contribution in [0.1, 0.15) is 0 Å². The Morgan fingerprint density at radius 1 is 1.75 bits per heavy atom. The van der Waals surface area contributed by atoms with Crippen LogP contribution in [0.15, 0.2) is 5.18 Å². The van der Waals surface area contributed by atoms with E-state index in [1.165, 1.54) is 0 Å². The zero-order chi connectivity index (χ0) is 6.62. The van der Waals surface area contributed by atoms with Crippen LogP contribution in [-0.4, -0.2) is 17.2 Å². The van der Waals surface area contributed by atoms with E-state index in [0.29, 0.717) is 0 Å². The minimum absolute atomic E-state index is 0.158. The molecule has 1 unspecified atom stereocenters. The summed E-state index contributed by atoms with van der Waals surface area (Å²) in [6, 6.07) is -0.158. The molecule has 8 heavy (non-hydrogen) atoms. The summed E-state index contributed by atoms with van der Waals surface area (Å²) in [6.45, 7) is 0. The highest BCUT2D eigenvalue weighted by atomic mass is 31.2. The third-order valence-corrected chi connectivity index (χ3v) is 1.28. The summed E-state index contributed by atoms with van der Waals surface area (Å²) in [6.07, 6.45) is -0.823. The maximum absolute atomic E-state index is 10.1. The zero-order valence-electron chi connectivity index (χ0n) is 3.85. The van der Waals surface area contributed by atoms with Crippen molar-refractivity contribution in [3.8, 4) is 0 Å². The third-order valence-electron chi connectivity index (χ3n) is 0.425. The molecule has 0 aliphatic heterocycles. The Balaban J connectivity index is 3.91. The number of hydrogen-bond donors (Lipinski definition) is 1. The van der Waals surface area contributed by atoms with Gasteiger partial charge in [0.25, 0.3) is 7.37 Å². The molecule has 0 aromatic rings. The van der Waals surface area contributed by atoms with Gasteiger partial charge in [0.15, 0.2) is 6.29 Å². The van der Waals surface area contributed by atoms with Gasteiger partial charge in [-0.2, -0.15) is 4.91 Å². The summed E-state index contributed by atoms with van der Waals surface area (Å²) >= 11 is 0. The summed E-state index contributed by atoms with van der Waals surface area (Å²) in [5.41, 5.74) is 0. The van der Waals surface area contributed by atoms with Crippen LogP contribution in [0.5, 0.6) is 0 Å². The van der Waals surface area contributed by atoms with Crippen molar-refractivity contribution in [2.24, 2.45) is 5.18 Å². The SMILES string of the molecule is O=CP(=O)(O)CN=O. The molecule has 0 bridgehead atoms. The lowest BCUT2D eigenvalue weighted by Gasteiger charge is -1.91. The van der Waals surface area contributed by atoms with E-state index in [2.05, 4.69) is 5.18 Å². The Morgan fingerprint density at radius 3 is 2.38 bits per heavy atom. The Labute approximate surface area is 45.1 Å². The first kappa shape index (κ1) is 7.46. The molecule has 1 atom stereocenters. The van der Waals surface area contributed by atoms with Gasteiger partial charge >= 0.3 is 0 Å². The molecule has 46 valence electrons. The fourth-order valence-electron chi connectivity index (χ4n) is 0.116. The fourth-order valence-corrected chi connectivity index (χ4v) is 0.348. The van der Waals surface area contributed by atoms with Crippen molar-refractivity contribution >= 4 is 13.4 Å². The van der Waals surface area contributed by atoms with Crippen LogP contribution in [0.2, 0.25) is 0 Å². The maximum Gasteiger partial charge on any atom is 0.285 e. The number of carbonyl (C=O) groups is 1. The van der Waals surface area contributed by atoms with E-state index in [0.717, 1.165) is 0 Å². The molecule has 0 aromatic heterocycles. The Bertz CT molecular complexity index is 143. The van der Waals surface area contributed by atoms with E-state index in [4.69, 9.17) is 4.89 Å². The van der Waals surface area contributed by atoms with Crippen LogP contribution in [0.4, 0.5) is 0 Å². The number of nitroso groups, excluding NO2 is 1. The first-order valence-electron chi connectivity index (χ1n) is 1.69. The second kappa shape index (κ2) is 2.69. The average Bonchev–Trinajstić information content (AvgIpc) is 1.67. The minimum Gasteiger partial charge on any atom is -0.338 e. The van der Waals surface area contributed by atoms with E-state index < -0.39 is 13.7 Å². The molecule has 0 spiro atoms. The van der Waals surface area contributed by atoms with E-state index >= 15 is 0 Å². The van der Waals surface area contributed by atoms with Crippen molar-refractivity contribution in [1.29, 1.82) is 0 Å². The summed E-state index contributed by atoms with van der Waals surface area (Å²) in [5.74, 6) is 0. The topological polar surface area (TPSA) is 83.8 Å². The van der Waals surface area contributed by atoms with Crippen molar-refractivity contribution in [3.05, 3.63) is 4.91 Å². The fraction of sp³-hybridized carbons (Fsp3) is 0.500. The Morgan fingerprint density at radius 2 is 2.25 bits per heavy atom. The Kier molecular flexibility index (Phi) is 2.51. The molecule has 0 heterocycles. The maximum atomic E-state index is 10.1. The molecule has 0 saturated heterocycles. The van der Waals surface area contributed by atoms with Gasteiger partial charge in [0, 0.05) is 0 Å². The van der Waals surface area contributed by atoms with Crippen LogP contribution in [0.3, 0.4) is 0 Å². The molecule has 0 saturated carbocycles. The lowest BCUT2D eigenvalue weighted by Crippen LogP contribution is -1.83. The molecular weight excluding hydrogens is 133 g/mol. The smallest absolute Gasteiger partial charge is 0.285 e. The third kappa shape index (κ3) is 2.60. The van der Waals surface area contributed by atoms with Gasteiger partial charge in [0.05, 0.1) is 0 Å². The van der Waals surface area contributed by atoms with Gasteiger partial charge in [-0.05, 0) is 0 Å². The summed E-state index contributed by atoms with van der Waals surface area (Å²) < 4.78 is 10.1. The average molecular weight is 137 g/mol. The summed E-state index contributed by atoms with van der Waals surface area (Å²) in [7, 11) is -3.83. The van der Waals surface area contributed by atoms with Crippen molar-refractivity contribution in [1.82, 2.24) is 0 Å². The standard InChI is InChI=1S/C2H4NO4P/c4-2-8(6,7)1-3-5/h2H,1H2,(H,6,7). The van der Waals surface area contributed by atoms with Crippen LogP contribution in [-0.2, 0) is 9.36 Å². The van der Waals surface area contributed by atoms with E-state index in [1.807, 2.05) is 0 Å². The number of nitrogens with zero attached hydrogens (tertiary/aromatic N) is 1. The number of rotatable bonds is 3. The van der Waals surface area contributed by atoms with Crippen LogP contribution >= 0.6 is 7.37 Å². The molecular formula is C2H4NO4P. The predicted octanol–water partition coefficient (Wildman–Crippen LogP) is 0.171. The minimum atomic E-state index is -3.83. The lowest BCUT2D eigenvalue weighted by molar-refractivity contribution is 0.483. The zero-order valence-corrected chi connectivity index (χ0v) is 4.75. The van der Waals surface area contributed by atoms with Gasteiger partial charge in [0.2, 0.25) is 6.03 Å². The molecule has 0 aliphatic rings. The highest BCUT2D eigenvalue weighted by Crippen LogP contribution is 2.35. The largest absolute Gasteiger partial charge is 0.338 e. The van der Waals surface area contributed by atoms with Gasteiger partial charge in [-0.1, -0.05) is 5.18 Å². The van der Waals surface area contributed by atoms with Crippen molar-refractivity contribution in [2.75, 3.05) is 6.29 Å². The van der Waals surface area contributed by atoms with Crippen molar-refractivity contribution in [2.45, 2.75) is 0 Å². The second-order valence-corrected chi connectivity index (χ2v) is 3.14. The number of hydrogen-bond acceptors (Lipinski definition) is 4. The van der Waals surface area contributed by atoms with Gasteiger partial charge in [-0.25, -0.2) is 0 Å². The van der Waals surface area contributed by atoms with E-state index in [9.17, 15) is 14.3 Å². The Hall–Kier alpha value is -0.540. The monoisotopic (exact) mass is 137 g/mol. The van der Waals surface area contributed by atoms with Crippen molar-refractivity contribution < 1.29 is 14.3 Å². The molecule has 0 rings (SSSR count). The second-order valence-electron chi connectivity index (χ2n) is 1.13. The van der Waals surface area contributed by atoms with Gasteiger partial charge in [-0.3, -0.25) is 9.36 Å². The number of carbonyl (C=O) groups excluding carboxylic acids is 1. The predicted molar refractivity (Wildman–Crippen MR) is 27.2 cm³/mol. The van der Waals surface area contributed by atoms with E-state index in [-0.39, 0.29) is 6.03 Å². The van der Waals surface area contributed by atoms with E-state index in [1.54, 1.807) is 0 Å². The quantitative estimate of drug-likeness (QED) is 0.341. The summed E-state index contributed by atoms with van der Waals surface area (Å²) in [4.78, 5) is 27.0. The molecule has 0 amide bonds. The first-order chi connectivity index (χ1) is 3.62. The highest BCUT2D eigenvalue weighted by Gasteiger charge is 2.15. The van der Waals surface area contributed by atoms with Crippen LogP contribution in [0.25, 0.3) is 0 Å². The molecule has 0 fully saturated rings. The van der Waals surface area contributed by atoms with Crippen LogP contribution < -0.4 is 0 Å². The van der Waals surface area contributed by atoms with Gasteiger partial charge < -0.3 is 4.89 Å². The molecule has 5 nitrogen and oxygen atoms in total. The lowest BCUT2D eigenvalue weighted by atomic mass is 11.5. The molecule has 0 radical (unpaired) electrons. The highest BCUT2D eigenvalue weighted by molar-refractivity contribution is 7.72.